The Morgan fingerprint density at radius 3 is 2.50 bits per heavy atom. The van der Waals surface area contributed by atoms with Gasteiger partial charge in [-0.25, -0.2) is 8.42 Å². The zero-order valence-corrected chi connectivity index (χ0v) is 11.8. The van der Waals surface area contributed by atoms with Crippen LogP contribution in [0.2, 0.25) is 0 Å². The van der Waals surface area contributed by atoms with E-state index in [2.05, 4.69) is 5.32 Å². The molecule has 0 aromatic heterocycles. The van der Waals surface area contributed by atoms with Crippen molar-refractivity contribution in [3.05, 3.63) is 0 Å². The van der Waals surface area contributed by atoms with Gasteiger partial charge in [0.2, 0.25) is 0 Å². The summed E-state index contributed by atoms with van der Waals surface area (Å²) in [6, 6.07) is 0. The lowest BCUT2D eigenvalue weighted by atomic mass is 10.0. The van der Waals surface area contributed by atoms with Crippen molar-refractivity contribution in [2.45, 2.75) is 38.1 Å². The van der Waals surface area contributed by atoms with Gasteiger partial charge in [-0.2, -0.15) is 0 Å². The summed E-state index contributed by atoms with van der Waals surface area (Å²) in [6.07, 6.45) is 4.18. The lowest BCUT2D eigenvalue weighted by Gasteiger charge is -2.27. The molecule has 2 rings (SSSR count). The summed E-state index contributed by atoms with van der Waals surface area (Å²) < 4.78 is 22.9. The second-order valence-electron chi connectivity index (χ2n) is 5.94. The predicted octanol–water partition coefficient (Wildman–Crippen LogP) is -1.25. The van der Waals surface area contributed by atoms with Crippen LogP contribution in [0.5, 0.6) is 0 Å². The molecule has 0 radical (unpaired) electrons. The number of nitrogens with one attached hydrogen (secondary N) is 2. The third-order valence-electron chi connectivity index (χ3n) is 3.92. The third kappa shape index (κ3) is 3.68. The van der Waals surface area contributed by atoms with E-state index in [0.717, 1.165) is 13.1 Å². The largest absolute Gasteiger partial charge is 0.345 e. The summed E-state index contributed by atoms with van der Waals surface area (Å²) >= 11 is 0. The molecule has 104 valence electrons. The van der Waals surface area contributed by atoms with E-state index in [1.54, 1.807) is 0 Å². The number of likely N-dealkylation sites (tertiary alicyclic amines) is 1. The zero-order chi connectivity index (χ0) is 13.2. The number of hydrogen-bond donors (Lipinski definition) is 2. The summed E-state index contributed by atoms with van der Waals surface area (Å²) in [4.78, 5) is 13.3. The molecule has 0 saturated carbocycles. The Kier molecular flexibility index (Phi) is 3.96. The van der Waals surface area contributed by atoms with Crippen LogP contribution in [-0.2, 0) is 14.6 Å². The molecule has 1 amide bonds. The number of carbonyl (C=O) groups is 1. The summed E-state index contributed by atoms with van der Waals surface area (Å²) in [6.45, 7) is 4.43. The number of amides is 1. The molecule has 0 unspecified atom stereocenters. The molecule has 2 aliphatic rings. The standard InChI is InChI=1S/C12H22N2O3S/c1-12(5-8-18(16,17)10-12)13-11(15)9-14-6-3-2-4-7-14/h2-10H2,1H3,(H,13,15)/p+1/t12-/m0/s1. The van der Waals surface area contributed by atoms with Gasteiger partial charge in [-0.3, -0.25) is 4.79 Å². The van der Waals surface area contributed by atoms with Gasteiger partial charge in [0, 0.05) is 0 Å². The predicted molar refractivity (Wildman–Crippen MR) is 69.2 cm³/mol. The minimum Gasteiger partial charge on any atom is -0.345 e. The fourth-order valence-corrected chi connectivity index (χ4v) is 5.04. The molecule has 0 aliphatic carbocycles. The number of carbonyl (C=O) groups excluding carboxylic acids is 1. The number of piperidine rings is 1. The highest BCUT2D eigenvalue weighted by Crippen LogP contribution is 2.22. The first-order chi connectivity index (χ1) is 8.39. The summed E-state index contributed by atoms with van der Waals surface area (Å²) in [5.74, 6) is 0.271. The third-order valence-corrected chi connectivity index (χ3v) is 5.82. The van der Waals surface area contributed by atoms with Crippen molar-refractivity contribution in [2.75, 3.05) is 31.1 Å². The molecule has 0 bridgehead atoms. The van der Waals surface area contributed by atoms with E-state index in [9.17, 15) is 13.2 Å². The van der Waals surface area contributed by atoms with Gasteiger partial charge in [-0.1, -0.05) is 0 Å². The van der Waals surface area contributed by atoms with Crippen LogP contribution in [0.3, 0.4) is 0 Å². The van der Waals surface area contributed by atoms with Gasteiger partial charge in [0.05, 0.1) is 30.1 Å². The van der Waals surface area contributed by atoms with Gasteiger partial charge in [0.15, 0.2) is 16.4 Å². The first-order valence-corrected chi connectivity index (χ1v) is 8.56. The van der Waals surface area contributed by atoms with Gasteiger partial charge in [-0.15, -0.1) is 0 Å². The number of rotatable bonds is 3. The average Bonchev–Trinajstić information content (AvgIpc) is 2.53. The molecule has 18 heavy (non-hydrogen) atoms. The van der Waals surface area contributed by atoms with E-state index in [0.29, 0.717) is 13.0 Å². The fraction of sp³-hybridized carbons (Fsp3) is 0.917. The van der Waals surface area contributed by atoms with Crippen LogP contribution in [0.1, 0.15) is 32.6 Å². The molecule has 6 heteroatoms. The molecule has 2 aliphatic heterocycles. The molecule has 2 heterocycles. The number of hydrogen-bond acceptors (Lipinski definition) is 3. The summed E-state index contributed by atoms with van der Waals surface area (Å²) in [7, 11) is -2.95. The highest BCUT2D eigenvalue weighted by atomic mass is 32.2. The molecular formula is C12H23N2O3S+. The van der Waals surface area contributed by atoms with Crippen molar-refractivity contribution in [2.24, 2.45) is 0 Å². The van der Waals surface area contributed by atoms with Crippen LogP contribution in [0.25, 0.3) is 0 Å². The normalized spacial score (nSPS) is 32.3. The average molecular weight is 275 g/mol. The van der Waals surface area contributed by atoms with Crippen LogP contribution < -0.4 is 10.2 Å². The van der Waals surface area contributed by atoms with Crippen molar-refractivity contribution < 1.29 is 18.1 Å². The molecule has 1 atom stereocenters. The maximum Gasteiger partial charge on any atom is 0.275 e. The first kappa shape index (κ1) is 13.8. The molecule has 2 fully saturated rings. The van der Waals surface area contributed by atoms with Gasteiger partial charge in [0.25, 0.3) is 5.91 Å². The maximum absolute atomic E-state index is 12.0. The highest BCUT2D eigenvalue weighted by molar-refractivity contribution is 7.91. The number of quaternary nitrogens is 1. The van der Waals surface area contributed by atoms with Gasteiger partial charge >= 0.3 is 0 Å². The van der Waals surface area contributed by atoms with E-state index in [1.165, 1.54) is 24.2 Å². The van der Waals surface area contributed by atoms with Crippen molar-refractivity contribution in [1.29, 1.82) is 0 Å². The Bertz CT molecular complexity index is 415. The lowest BCUT2D eigenvalue weighted by Crippen LogP contribution is -3.14. The van der Waals surface area contributed by atoms with Crippen LogP contribution in [0, 0.1) is 0 Å². The Morgan fingerprint density at radius 2 is 1.94 bits per heavy atom. The van der Waals surface area contributed by atoms with Crippen LogP contribution in [0.4, 0.5) is 0 Å². The Hall–Kier alpha value is -0.620. The van der Waals surface area contributed by atoms with E-state index < -0.39 is 15.4 Å². The molecule has 2 saturated heterocycles. The summed E-state index contributed by atoms with van der Waals surface area (Å²) in [5.41, 5.74) is -0.550. The Labute approximate surface area is 109 Å². The molecule has 2 N–H and O–H groups in total. The van der Waals surface area contributed by atoms with E-state index in [4.69, 9.17) is 0 Å². The molecular weight excluding hydrogens is 252 g/mol. The minimum absolute atomic E-state index is 0.00787. The van der Waals surface area contributed by atoms with E-state index >= 15 is 0 Å². The van der Waals surface area contributed by atoms with Crippen molar-refractivity contribution >= 4 is 15.7 Å². The Morgan fingerprint density at radius 1 is 1.28 bits per heavy atom. The second-order valence-corrected chi connectivity index (χ2v) is 8.12. The Balaban J connectivity index is 1.84. The van der Waals surface area contributed by atoms with E-state index in [1.807, 2.05) is 6.92 Å². The van der Waals surface area contributed by atoms with Crippen molar-refractivity contribution in [3.63, 3.8) is 0 Å². The van der Waals surface area contributed by atoms with Crippen molar-refractivity contribution in [1.82, 2.24) is 5.32 Å². The first-order valence-electron chi connectivity index (χ1n) is 6.74. The SMILES string of the molecule is C[C@]1(NC(=O)C[NH+]2CCCCC2)CCS(=O)(=O)C1. The van der Waals surface area contributed by atoms with Gasteiger partial charge < -0.3 is 10.2 Å². The molecule has 0 aromatic carbocycles. The highest BCUT2D eigenvalue weighted by Gasteiger charge is 2.39. The molecule has 5 nitrogen and oxygen atoms in total. The fourth-order valence-electron chi connectivity index (χ4n) is 2.95. The monoisotopic (exact) mass is 275 g/mol. The smallest absolute Gasteiger partial charge is 0.275 e. The molecule has 0 spiro atoms. The second kappa shape index (κ2) is 5.17. The van der Waals surface area contributed by atoms with Crippen LogP contribution in [-0.4, -0.2) is 51.0 Å². The zero-order valence-electron chi connectivity index (χ0n) is 11.0. The van der Waals surface area contributed by atoms with E-state index in [-0.39, 0.29) is 17.4 Å². The maximum atomic E-state index is 12.0. The molecule has 0 aromatic rings. The quantitative estimate of drug-likeness (QED) is 0.676. The number of sulfone groups is 1. The van der Waals surface area contributed by atoms with Crippen LogP contribution in [0.15, 0.2) is 0 Å². The summed E-state index contributed by atoms with van der Waals surface area (Å²) in [5, 5.41) is 2.92. The lowest BCUT2D eigenvalue weighted by molar-refractivity contribution is -0.896. The topological polar surface area (TPSA) is 67.7 Å². The van der Waals surface area contributed by atoms with Crippen molar-refractivity contribution in [3.8, 4) is 0 Å². The van der Waals surface area contributed by atoms with Gasteiger partial charge in [-0.05, 0) is 32.6 Å². The van der Waals surface area contributed by atoms with Gasteiger partial charge in [0.1, 0.15) is 0 Å². The minimum atomic E-state index is -2.95. The van der Waals surface area contributed by atoms with Crippen LogP contribution >= 0.6 is 0 Å².